The van der Waals surface area contributed by atoms with E-state index in [1.165, 1.54) is 0 Å². The molecule has 0 aromatic rings. The van der Waals surface area contributed by atoms with Crippen molar-refractivity contribution in [2.45, 2.75) is 19.8 Å². The Morgan fingerprint density at radius 3 is 3.00 bits per heavy atom. The fraction of sp³-hybridized carbons (Fsp3) is 0.417. The van der Waals surface area contributed by atoms with Crippen molar-refractivity contribution in [2.75, 3.05) is 13.7 Å². The second kappa shape index (κ2) is 4.43. The summed E-state index contributed by atoms with van der Waals surface area (Å²) in [6, 6.07) is 0. The molecule has 4 nitrogen and oxygen atoms in total. The predicted octanol–water partition coefficient (Wildman–Crippen LogP) is 2.33. The molecule has 86 valence electrons. The molecule has 0 aromatic heterocycles. The summed E-state index contributed by atoms with van der Waals surface area (Å²) in [6.07, 6.45) is 7.03. The van der Waals surface area contributed by atoms with E-state index in [2.05, 4.69) is 4.99 Å². The van der Waals surface area contributed by atoms with E-state index >= 15 is 0 Å². The van der Waals surface area contributed by atoms with E-state index in [0.29, 0.717) is 24.5 Å². The van der Waals surface area contributed by atoms with Crippen LogP contribution in [0.5, 0.6) is 0 Å². The standard InChI is InChI=1S/C12H16N2O2/c1-9-4-3-7-14-8-10(15)5-6-11(16-2)13-12(9)14/h3-4,8,15H,5-7H2,1-2H3. The summed E-state index contributed by atoms with van der Waals surface area (Å²) in [6.45, 7) is 2.73. The van der Waals surface area contributed by atoms with Gasteiger partial charge in [-0.05, 0) is 12.5 Å². The van der Waals surface area contributed by atoms with Gasteiger partial charge in [0, 0.05) is 25.6 Å². The SMILES string of the molecule is COC1=NC2=C(C)C=CCN2C=C(O)CC1. The zero-order valence-electron chi connectivity index (χ0n) is 9.60. The van der Waals surface area contributed by atoms with Gasteiger partial charge < -0.3 is 14.7 Å². The highest BCUT2D eigenvalue weighted by Crippen LogP contribution is 2.22. The number of aliphatic hydroxyl groups excluding tert-OH is 1. The largest absolute Gasteiger partial charge is 0.511 e. The smallest absolute Gasteiger partial charge is 0.190 e. The first-order chi connectivity index (χ1) is 7.70. The average Bonchev–Trinajstić information content (AvgIpc) is 2.24. The molecule has 0 unspecified atom stereocenters. The maximum absolute atomic E-state index is 9.71. The van der Waals surface area contributed by atoms with E-state index in [-0.39, 0.29) is 0 Å². The van der Waals surface area contributed by atoms with Crippen molar-refractivity contribution in [1.82, 2.24) is 4.90 Å². The Kier molecular flexibility index (Phi) is 2.99. The summed E-state index contributed by atoms with van der Waals surface area (Å²) in [5, 5.41) is 9.71. The second-order valence-electron chi connectivity index (χ2n) is 3.89. The number of methoxy groups -OCH3 is 1. The third-order valence-corrected chi connectivity index (χ3v) is 2.66. The minimum atomic E-state index is 0.366. The molecule has 2 aliphatic rings. The highest BCUT2D eigenvalue weighted by molar-refractivity contribution is 5.77. The third-order valence-electron chi connectivity index (χ3n) is 2.66. The van der Waals surface area contributed by atoms with Crippen molar-refractivity contribution in [3.63, 3.8) is 0 Å². The van der Waals surface area contributed by atoms with Crippen molar-refractivity contribution in [1.29, 1.82) is 0 Å². The third kappa shape index (κ3) is 2.10. The van der Waals surface area contributed by atoms with Crippen molar-refractivity contribution >= 4 is 5.90 Å². The van der Waals surface area contributed by atoms with Crippen LogP contribution in [0.15, 0.2) is 40.5 Å². The summed E-state index contributed by atoms with van der Waals surface area (Å²) in [5.41, 5.74) is 1.08. The van der Waals surface area contributed by atoms with Crippen LogP contribution < -0.4 is 0 Å². The van der Waals surface area contributed by atoms with E-state index in [4.69, 9.17) is 4.74 Å². The number of rotatable bonds is 0. The van der Waals surface area contributed by atoms with Gasteiger partial charge in [-0.15, -0.1) is 0 Å². The second-order valence-corrected chi connectivity index (χ2v) is 3.89. The Labute approximate surface area is 95.2 Å². The van der Waals surface area contributed by atoms with Crippen molar-refractivity contribution in [3.8, 4) is 0 Å². The molecule has 0 saturated carbocycles. The molecule has 0 amide bonds. The van der Waals surface area contributed by atoms with Gasteiger partial charge in [0.15, 0.2) is 5.90 Å². The molecule has 1 N–H and O–H groups in total. The molecular weight excluding hydrogens is 204 g/mol. The first kappa shape index (κ1) is 10.8. The molecule has 2 heterocycles. The van der Waals surface area contributed by atoms with Gasteiger partial charge in [0.05, 0.1) is 7.11 Å². The topological polar surface area (TPSA) is 45.1 Å². The molecular formula is C12H16N2O2. The lowest BCUT2D eigenvalue weighted by Gasteiger charge is -2.26. The molecule has 0 saturated heterocycles. The normalized spacial score (nSPS) is 20.8. The van der Waals surface area contributed by atoms with Gasteiger partial charge in [-0.3, -0.25) is 0 Å². The lowest BCUT2D eigenvalue weighted by atomic mass is 10.2. The Morgan fingerprint density at radius 1 is 1.44 bits per heavy atom. The van der Waals surface area contributed by atoms with Gasteiger partial charge in [-0.1, -0.05) is 12.2 Å². The van der Waals surface area contributed by atoms with Crippen LogP contribution in [0.4, 0.5) is 0 Å². The molecule has 0 aromatic carbocycles. The summed E-state index contributed by atoms with van der Waals surface area (Å²) >= 11 is 0. The quantitative estimate of drug-likeness (QED) is 0.681. The van der Waals surface area contributed by atoms with E-state index < -0.39 is 0 Å². The van der Waals surface area contributed by atoms with E-state index in [1.54, 1.807) is 13.3 Å². The van der Waals surface area contributed by atoms with Gasteiger partial charge in [-0.25, -0.2) is 0 Å². The van der Waals surface area contributed by atoms with Crippen molar-refractivity contribution in [3.05, 3.63) is 35.5 Å². The summed E-state index contributed by atoms with van der Waals surface area (Å²) < 4.78 is 5.20. The number of aliphatic hydroxyl groups is 1. The fourth-order valence-electron chi connectivity index (χ4n) is 1.80. The maximum Gasteiger partial charge on any atom is 0.190 e. The molecule has 0 bridgehead atoms. The number of hydrogen-bond donors (Lipinski definition) is 1. The number of ether oxygens (including phenoxy) is 1. The molecule has 0 fully saturated rings. The molecule has 0 aliphatic carbocycles. The number of fused-ring (bicyclic) bond motifs is 1. The predicted molar refractivity (Wildman–Crippen MR) is 62.9 cm³/mol. The van der Waals surface area contributed by atoms with Gasteiger partial charge in [0.25, 0.3) is 0 Å². The lowest BCUT2D eigenvalue weighted by molar-refractivity contribution is 0.339. The minimum Gasteiger partial charge on any atom is -0.511 e. The lowest BCUT2D eigenvalue weighted by Crippen LogP contribution is -2.23. The first-order valence-corrected chi connectivity index (χ1v) is 5.36. The summed E-state index contributed by atoms with van der Waals surface area (Å²) in [7, 11) is 1.61. The molecule has 0 atom stereocenters. The Bertz CT molecular complexity index is 405. The molecule has 0 spiro atoms. The average molecular weight is 220 g/mol. The molecule has 2 rings (SSSR count). The van der Waals surface area contributed by atoms with E-state index in [1.807, 2.05) is 24.0 Å². The van der Waals surface area contributed by atoms with Crippen LogP contribution in [0, 0.1) is 0 Å². The minimum absolute atomic E-state index is 0.366. The Hall–Kier alpha value is -1.71. The molecule has 2 aliphatic heterocycles. The summed E-state index contributed by atoms with van der Waals surface area (Å²) in [5.74, 6) is 1.88. The highest BCUT2D eigenvalue weighted by Gasteiger charge is 2.17. The van der Waals surface area contributed by atoms with E-state index in [9.17, 15) is 5.11 Å². The van der Waals surface area contributed by atoms with Gasteiger partial charge in [-0.2, -0.15) is 4.99 Å². The Morgan fingerprint density at radius 2 is 2.25 bits per heavy atom. The van der Waals surface area contributed by atoms with Crippen LogP contribution in [0.25, 0.3) is 0 Å². The van der Waals surface area contributed by atoms with Crippen LogP contribution in [-0.2, 0) is 4.74 Å². The van der Waals surface area contributed by atoms with Gasteiger partial charge >= 0.3 is 0 Å². The fourth-order valence-corrected chi connectivity index (χ4v) is 1.80. The number of nitrogens with zero attached hydrogens (tertiary/aromatic N) is 2. The molecule has 16 heavy (non-hydrogen) atoms. The van der Waals surface area contributed by atoms with Crippen LogP contribution >= 0.6 is 0 Å². The van der Waals surface area contributed by atoms with Crippen LogP contribution in [-0.4, -0.2) is 29.6 Å². The van der Waals surface area contributed by atoms with Crippen molar-refractivity contribution < 1.29 is 9.84 Å². The number of allylic oxidation sites excluding steroid dienone is 3. The highest BCUT2D eigenvalue weighted by atomic mass is 16.5. The maximum atomic E-state index is 9.71. The zero-order valence-corrected chi connectivity index (χ0v) is 9.60. The summed E-state index contributed by atoms with van der Waals surface area (Å²) in [4.78, 5) is 6.42. The Balaban J connectivity index is 2.42. The van der Waals surface area contributed by atoms with Crippen LogP contribution in [0.1, 0.15) is 19.8 Å². The molecule has 4 heteroatoms. The van der Waals surface area contributed by atoms with Crippen molar-refractivity contribution in [2.24, 2.45) is 4.99 Å². The van der Waals surface area contributed by atoms with Crippen LogP contribution in [0.2, 0.25) is 0 Å². The van der Waals surface area contributed by atoms with E-state index in [0.717, 1.165) is 17.9 Å². The van der Waals surface area contributed by atoms with Gasteiger partial charge in [0.2, 0.25) is 0 Å². The first-order valence-electron chi connectivity index (χ1n) is 5.36. The zero-order chi connectivity index (χ0) is 11.5. The van der Waals surface area contributed by atoms with Gasteiger partial charge in [0.1, 0.15) is 11.6 Å². The number of hydrogen-bond acceptors (Lipinski definition) is 4. The van der Waals surface area contributed by atoms with Crippen LogP contribution in [0.3, 0.4) is 0 Å². The number of aliphatic imine (C=N–C) groups is 1. The molecule has 0 radical (unpaired) electrons. The monoisotopic (exact) mass is 220 g/mol.